The molecule has 42 heavy (non-hydrogen) atoms. The third-order valence-electron chi connectivity index (χ3n) is 7.25. The Labute approximate surface area is 246 Å². The molecule has 0 unspecified atom stereocenters. The molecule has 2 fully saturated rings. The normalized spacial score (nSPS) is 25.4. The van der Waals surface area contributed by atoms with Crippen LogP contribution in [0, 0.1) is 0 Å². The summed E-state index contributed by atoms with van der Waals surface area (Å²) in [6.45, 7) is 1.74. The minimum Gasteiger partial charge on any atom is -0.445 e. The molecule has 2 N–H and O–H groups in total. The van der Waals surface area contributed by atoms with Crippen molar-refractivity contribution in [1.29, 1.82) is 0 Å². The van der Waals surface area contributed by atoms with Crippen LogP contribution in [0.2, 0.25) is 0 Å². The monoisotopic (exact) mass is 577 g/mol. The first-order chi connectivity index (χ1) is 20.7. The predicted octanol–water partition coefficient (Wildman–Crippen LogP) is 4.89. The van der Waals surface area contributed by atoms with Crippen molar-refractivity contribution in [3.63, 3.8) is 0 Å². The van der Waals surface area contributed by atoms with E-state index in [0.717, 1.165) is 36.0 Å². The average molecular weight is 578 g/mol. The minimum absolute atomic E-state index is 0.241. The standard InChI is InChI=1S/C33H39NO8/c35-28-30(38-21-24-13-5-1-6-14-24)29-27(23-39-31(42-29)26-17-9-3-10-18-26)41-32(28)37-20-12-4-11-19-34-33(36)40-22-25-15-7-2-8-16-25/h1-3,5-10,13-18,27-32,35H,4,11-12,19-23H2,(H,34,36)/t27-,28-,29-,30-,31-,32-/m1/s1. The van der Waals surface area contributed by atoms with E-state index in [1.54, 1.807) is 0 Å². The number of fused-ring (bicyclic) bond motifs is 1. The Morgan fingerprint density at radius 1 is 0.810 bits per heavy atom. The molecule has 2 aliphatic rings. The maximum Gasteiger partial charge on any atom is 0.407 e. The van der Waals surface area contributed by atoms with E-state index < -0.39 is 43.1 Å². The second-order valence-corrected chi connectivity index (χ2v) is 10.4. The van der Waals surface area contributed by atoms with Crippen molar-refractivity contribution < 1.29 is 38.3 Å². The lowest BCUT2D eigenvalue weighted by Gasteiger charge is -2.47. The summed E-state index contributed by atoms with van der Waals surface area (Å²) in [6.07, 6.45) is -2.26. The fraction of sp³-hybridized carbons (Fsp3) is 0.424. The summed E-state index contributed by atoms with van der Waals surface area (Å²) in [5, 5.41) is 14.0. The Kier molecular flexibility index (Phi) is 11.3. The van der Waals surface area contributed by atoms with Gasteiger partial charge in [0.05, 0.1) is 13.2 Å². The maximum absolute atomic E-state index is 11.9. The third-order valence-corrected chi connectivity index (χ3v) is 7.25. The number of unbranched alkanes of at least 4 members (excludes halogenated alkanes) is 2. The van der Waals surface area contributed by atoms with E-state index in [2.05, 4.69) is 5.32 Å². The number of aliphatic hydroxyl groups is 1. The number of amides is 1. The van der Waals surface area contributed by atoms with E-state index in [9.17, 15) is 9.90 Å². The van der Waals surface area contributed by atoms with Crippen molar-refractivity contribution in [1.82, 2.24) is 5.32 Å². The number of aliphatic hydroxyl groups excluding tert-OH is 1. The summed E-state index contributed by atoms with van der Waals surface area (Å²) in [7, 11) is 0. The second-order valence-electron chi connectivity index (χ2n) is 10.4. The van der Waals surface area contributed by atoms with Crippen LogP contribution in [0.15, 0.2) is 91.0 Å². The van der Waals surface area contributed by atoms with Gasteiger partial charge < -0.3 is 38.8 Å². The molecule has 9 heteroatoms. The van der Waals surface area contributed by atoms with Gasteiger partial charge in [0.1, 0.15) is 31.0 Å². The van der Waals surface area contributed by atoms with Gasteiger partial charge in [-0.15, -0.1) is 0 Å². The quantitative estimate of drug-likeness (QED) is 0.277. The van der Waals surface area contributed by atoms with Gasteiger partial charge in [0.25, 0.3) is 0 Å². The maximum atomic E-state index is 11.9. The van der Waals surface area contributed by atoms with E-state index >= 15 is 0 Å². The van der Waals surface area contributed by atoms with Crippen LogP contribution in [-0.2, 0) is 41.6 Å². The Balaban J connectivity index is 1.07. The van der Waals surface area contributed by atoms with E-state index in [4.69, 9.17) is 28.4 Å². The highest BCUT2D eigenvalue weighted by Crippen LogP contribution is 2.36. The lowest BCUT2D eigenvalue weighted by Crippen LogP contribution is -2.63. The molecule has 0 saturated carbocycles. The predicted molar refractivity (Wildman–Crippen MR) is 154 cm³/mol. The number of nitrogens with one attached hydrogen (secondary N) is 1. The van der Waals surface area contributed by atoms with Gasteiger partial charge in [-0.3, -0.25) is 0 Å². The van der Waals surface area contributed by atoms with E-state index in [1.807, 2.05) is 91.0 Å². The van der Waals surface area contributed by atoms with Gasteiger partial charge in [-0.25, -0.2) is 4.79 Å². The lowest BCUT2D eigenvalue weighted by molar-refractivity contribution is -0.367. The first kappa shape index (κ1) is 30.2. The Bertz CT molecular complexity index is 1200. The molecule has 0 radical (unpaired) electrons. The van der Waals surface area contributed by atoms with Crippen LogP contribution in [0.1, 0.15) is 42.2 Å². The molecule has 0 aromatic heterocycles. The van der Waals surface area contributed by atoms with Gasteiger partial charge in [0.2, 0.25) is 0 Å². The van der Waals surface area contributed by atoms with Crippen LogP contribution in [-0.4, -0.2) is 61.7 Å². The summed E-state index contributed by atoms with van der Waals surface area (Å²) in [6, 6.07) is 29.1. The van der Waals surface area contributed by atoms with Crippen molar-refractivity contribution in [3.05, 3.63) is 108 Å². The highest BCUT2D eigenvalue weighted by molar-refractivity contribution is 5.67. The van der Waals surface area contributed by atoms with Gasteiger partial charge in [-0.1, -0.05) is 91.0 Å². The molecular formula is C33H39NO8. The van der Waals surface area contributed by atoms with Crippen LogP contribution in [0.3, 0.4) is 0 Å². The summed E-state index contributed by atoms with van der Waals surface area (Å²) < 4.78 is 35.8. The number of carbonyl (C=O) groups excluding carboxylic acids is 1. The summed E-state index contributed by atoms with van der Waals surface area (Å²) in [5.74, 6) is 0. The molecule has 9 nitrogen and oxygen atoms in total. The van der Waals surface area contributed by atoms with Crippen molar-refractivity contribution in [2.75, 3.05) is 19.8 Å². The first-order valence-electron chi connectivity index (χ1n) is 14.5. The zero-order chi connectivity index (χ0) is 29.0. The van der Waals surface area contributed by atoms with E-state index in [0.29, 0.717) is 19.8 Å². The Morgan fingerprint density at radius 3 is 2.19 bits per heavy atom. The van der Waals surface area contributed by atoms with Gasteiger partial charge in [0.15, 0.2) is 12.6 Å². The molecule has 3 aromatic carbocycles. The molecule has 2 saturated heterocycles. The van der Waals surface area contributed by atoms with Crippen molar-refractivity contribution in [2.24, 2.45) is 0 Å². The molecule has 224 valence electrons. The van der Waals surface area contributed by atoms with Gasteiger partial charge in [0, 0.05) is 18.7 Å². The molecular weight excluding hydrogens is 538 g/mol. The number of carbonyl (C=O) groups is 1. The molecule has 0 spiro atoms. The molecule has 1 amide bonds. The van der Waals surface area contributed by atoms with Gasteiger partial charge in [-0.2, -0.15) is 0 Å². The van der Waals surface area contributed by atoms with Crippen LogP contribution in [0.4, 0.5) is 4.79 Å². The number of rotatable bonds is 13. The fourth-order valence-corrected chi connectivity index (χ4v) is 5.01. The van der Waals surface area contributed by atoms with E-state index in [1.165, 1.54) is 0 Å². The number of hydrogen-bond acceptors (Lipinski definition) is 8. The zero-order valence-corrected chi connectivity index (χ0v) is 23.6. The summed E-state index contributed by atoms with van der Waals surface area (Å²) >= 11 is 0. The zero-order valence-electron chi connectivity index (χ0n) is 23.6. The Morgan fingerprint density at radius 2 is 1.48 bits per heavy atom. The molecule has 2 heterocycles. The largest absolute Gasteiger partial charge is 0.445 e. The van der Waals surface area contributed by atoms with E-state index in [-0.39, 0.29) is 13.2 Å². The topological polar surface area (TPSA) is 105 Å². The van der Waals surface area contributed by atoms with Crippen molar-refractivity contribution >= 4 is 6.09 Å². The highest BCUT2D eigenvalue weighted by atomic mass is 16.8. The minimum atomic E-state index is -1.05. The molecule has 0 bridgehead atoms. The number of ether oxygens (including phenoxy) is 6. The SMILES string of the molecule is O=C(NCCCCCO[C@@H]1O[C@@H]2CO[C@@H](c3ccccc3)O[C@H]2[C@H](OCc2ccccc2)[C@H]1O)OCc1ccccc1. The van der Waals surface area contributed by atoms with Crippen molar-refractivity contribution in [3.8, 4) is 0 Å². The molecule has 3 aromatic rings. The van der Waals surface area contributed by atoms with Gasteiger partial charge >= 0.3 is 6.09 Å². The highest BCUT2D eigenvalue weighted by Gasteiger charge is 2.50. The lowest BCUT2D eigenvalue weighted by atomic mass is 9.97. The molecule has 0 aliphatic carbocycles. The average Bonchev–Trinajstić information content (AvgIpc) is 3.04. The number of alkyl carbamates (subject to hydrolysis) is 1. The second kappa shape index (κ2) is 15.8. The van der Waals surface area contributed by atoms with Crippen molar-refractivity contribution in [2.45, 2.75) is 69.5 Å². The third kappa shape index (κ3) is 8.61. The molecule has 2 aliphatic heterocycles. The first-order valence-corrected chi connectivity index (χ1v) is 14.5. The smallest absolute Gasteiger partial charge is 0.407 e. The van der Waals surface area contributed by atoms with Crippen LogP contribution >= 0.6 is 0 Å². The van der Waals surface area contributed by atoms with Gasteiger partial charge in [-0.05, 0) is 30.4 Å². The fourth-order valence-electron chi connectivity index (χ4n) is 5.01. The van der Waals surface area contributed by atoms with Crippen LogP contribution in [0.25, 0.3) is 0 Å². The Hall–Kier alpha value is -3.31. The van der Waals surface area contributed by atoms with Crippen LogP contribution < -0.4 is 5.32 Å². The number of benzene rings is 3. The summed E-state index contributed by atoms with van der Waals surface area (Å²) in [5.41, 5.74) is 2.83. The van der Waals surface area contributed by atoms with Crippen LogP contribution in [0.5, 0.6) is 0 Å². The number of hydrogen-bond donors (Lipinski definition) is 2. The molecule has 6 atom stereocenters. The molecule has 5 rings (SSSR count). The summed E-state index contributed by atoms with van der Waals surface area (Å²) in [4.78, 5) is 11.9.